The largest absolute Gasteiger partial charge is 0.457 e. The molecule has 2 aliphatic heterocycles. The summed E-state index contributed by atoms with van der Waals surface area (Å²) in [5.74, 6) is -1.35. The van der Waals surface area contributed by atoms with Crippen molar-refractivity contribution in [3.8, 4) is 0 Å². The molecule has 4 N–H and O–H groups in total. The number of methoxy groups -OCH3 is 1. The van der Waals surface area contributed by atoms with Crippen LogP contribution in [-0.4, -0.2) is 88.2 Å². The van der Waals surface area contributed by atoms with E-state index in [1.807, 2.05) is 20.8 Å². The number of cyclic esters (lactones) is 1. The molecule has 1 fully saturated rings. The van der Waals surface area contributed by atoms with E-state index in [4.69, 9.17) is 18.9 Å². The number of rotatable bonds is 13. The van der Waals surface area contributed by atoms with Gasteiger partial charge in [-0.15, -0.1) is 0 Å². The van der Waals surface area contributed by atoms with Crippen molar-refractivity contribution in [1.29, 1.82) is 0 Å². The van der Waals surface area contributed by atoms with Gasteiger partial charge < -0.3 is 39.6 Å². The quantitative estimate of drug-likeness (QED) is 0.0982. The van der Waals surface area contributed by atoms with Gasteiger partial charge in [-0.05, 0) is 64.2 Å². The van der Waals surface area contributed by atoms with Crippen LogP contribution < -0.4 is 5.32 Å². The molecule has 0 radical (unpaired) electrons. The van der Waals surface area contributed by atoms with E-state index in [0.29, 0.717) is 12.1 Å². The molecular weight excluding hydrogens is 626 g/mol. The number of hydrogen-bond acceptors (Lipinski definition) is 10. The second kappa shape index (κ2) is 17.9. The van der Waals surface area contributed by atoms with Gasteiger partial charge in [-0.2, -0.15) is 0 Å². The molecule has 0 aromatic heterocycles. The summed E-state index contributed by atoms with van der Waals surface area (Å²) in [6, 6.07) is 7.82. The summed E-state index contributed by atoms with van der Waals surface area (Å²) < 4.78 is 23.2. The van der Waals surface area contributed by atoms with Crippen LogP contribution in [0.3, 0.4) is 0 Å². The fourth-order valence-corrected chi connectivity index (χ4v) is 6.60. The lowest BCUT2D eigenvalue weighted by molar-refractivity contribution is -0.157. The Kier molecular flexibility index (Phi) is 14.8. The van der Waals surface area contributed by atoms with Crippen molar-refractivity contribution in [1.82, 2.24) is 5.32 Å². The zero-order chi connectivity index (χ0) is 36.5. The van der Waals surface area contributed by atoms with Crippen molar-refractivity contribution >= 4 is 11.9 Å². The third-order valence-electron chi connectivity index (χ3n) is 9.83. The summed E-state index contributed by atoms with van der Waals surface area (Å²) in [5.41, 5.74) is 0.189. The smallest absolute Gasteiger partial charge is 0.309 e. The van der Waals surface area contributed by atoms with Gasteiger partial charge in [0, 0.05) is 32.4 Å². The number of carbonyl (C=O) groups excluding carboxylic acids is 2. The Labute approximate surface area is 292 Å². The molecule has 49 heavy (non-hydrogen) atoms. The van der Waals surface area contributed by atoms with Gasteiger partial charge >= 0.3 is 11.9 Å². The zero-order valence-corrected chi connectivity index (χ0v) is 30.7. The average Bonchev–Trinajstić information content (AvgIpc) is 3.81. The minimum atomic E-state index is -1.45. The molecule has 1 saturated heterocycles. The number of aliphatic hydroxyl groups excluding tert-OH is 1. The van der Waals surface area contributed by atoms with Crippen LogP contribution in [0.5, 0.6) is 0 Å². The van der Waals surface area contributed by atoms with Crippen LogP contribution in [-0.2, 0) is 35.1 Å². The fourth-order valence-electron chi connectivity index (χ4n) is 6.60. The van der Waals surface area contributed by atoms with Gasteiger partial charge in [0.1, 0.15) is 23.9 Å². The molecule has 2 heterocycles. The lowest BCUT2D eigenvalue weighted by atomic mass is 9.87. The summed E-state index contributed by atoms with van der Waals surface area (Å²) in [5, 5.41) is 37.0. The first-order valence-electron chi connectivity index (χ1n) is 17.5. The second-order valence-corrected chi connectivity index (χ2v) is 14.4. The summed E-state index contributed by atoms with van der Waals surface area (Å²) in [7, 11) is 1.71. The Morgan fingerprint density at radius 3 is 2.49 bits per heavy atom. The molecule has 2 aliphatic rings. The van der Waals surface area contributed by atoms with Crippen LogP contribution in [0.2, 0.25) is 0 Å². The number of hydrogen-bond donors (Lipinski definition) is 4. The molecule has 10 heteroatoms. The van der Waals surface area contributed by atoms with Crippen molar-refractivity contribution in [3.05, 3.63) is 71.3 Å². The second-order valence-electron chi connectivity index (χ2n) is 14.4. The molecule has 0 aliphatic carbocycles. The van der Waals surface area contributed by atoms with Crippen LogP contribution in [0.4, 0.5) is 0 Å². The molecule has 3 rings (SSSR count). The van der Waals surface area contributed by atoms with E-state index in [2.05, 4.69) is 43.4 Å². The highest BCUT2D eigenvalue weighted by molar-refractivity contribution is 5.70. The predicted molar refractivity (Wildman–Crippen MR) is 188 cm³/mol. The maximum atomic E-state index is 12.9. The molecule has 0 bridgehead atoms. The minimum absolute atomic E-state index is 0.0417. The van der Waals surface area contributed by atoms with E-state index in [0.717, 1.165) is 12.0 Å². The molecule has 1 aromatic carbocycles. The van der Waals surface area contributed by atoms with Crippen molar-refractivity contribution in [3.63, 3.8) is 0 Å². The number of epoxide rings is 1. The van der Waals surface area contributed by atoms with Crippen molar-refractivity contribution in [2.75, 3.05) is 7.11 Å². The van der Waals surface area contributed by atoms with Crippen molar-refractivity contribution in [2.24, 2.45) is 11.8 Å². The normalized spacial score (nSPS) is 32.2. The molecule has 11 atom stereocenters. The van der Waals surface area contributed by atoms with E-state index < -0.39 is 47.5 Å². The standard InChI is InChI=1S/C39H59NO9/c1-10-31(46-9)27(5)35-36(49-35)37(40-23-29-16-13-24(2)14-17-29)39(8,45)20-11-12-25(3)34-26(4)15-18-32(47-28(6)41)38(7,44)21-19-30(42)22-33(43)48-34/h11-18,20,26-27,30-32,34-37,40,42,44-45H,10,19,21-23H2,1-9H3/b18-15+,20-11+,25-12+/t26-,27+,30+,31-,32-,34?,35+,36-,37?,38+,39?/m0/s1. The summed E-state index contributed by atoms with van der Waals surface area (Å²) >= 11 is 0. The molecule has 10 nitrogen and oxygen atoms in total. The van der Waals surface area contributed by atoms with Gasteiger partial charge in [0.25, 0.3) is 0 Å². The van der Waals surface area contributed by atoms with Gasteiger partial charge in [-0.3, -0.25) is 9.59 Å². The Bertz CT molecular complexity index is 1310. The monoisotopic (exact) mass is 685 g/mol. The van der Waals surface area contributed by atoms with E-state index in [9.17, 15) is 24.9 Å². The van der Waals surface area contributed by atoms with Crippen LogP contribution in [0.25, 0.3) is 0 Å². The molecule has 3 unspecified atom stereocenters. The first kappa shape index (κ1) is 40.6. The van der Waals surface area contributed by atoms with Gasteiger partial charge in [0.05, 0.1) is 36.4 Å². The van der Waals surface area contributed by atoms with Crippen molar-refractivity contribution in [2.45, 2.75) is 141 Å². The third-order valence-corrected chi connectivity index (χ3v) is 9.83. The molecule has 1 aromatic rings. The number of aryl methyl sites for hydroxylation is 1. The maximum absolute atomic E-state index is 12.9. The molecular formula is C39H59NO9. The van der Waals surface area contributed by atoms with E-state index in [1.165, 1.54) is 12.5 Å². The molecule has 274 valence electrons. The first-order chi connectivity index (χ1) is 23.0. The van der Waals surface area contributed by atoms with Crippen LogP contribution in [0.1, 0.15) is 85.3 Å². The summed E-state index contributed by atoms with van der Waals surface area (Å²) in [6.45, 7) is 15.0. The van der Waals surface area contributed by atoms with Crippen LogP contribution in [0.15, 0.2) is 60.2 Å². The fraction of sp³-hybridized carbons (Fsp3) is 0.641. The minimum Gasteiger partial charge on any atom is -0.457 e. The van der Waals surface area contributed by atoms with E-state index in [-0.39, 0.29) is 49.4 Å². The van der Waals surface area contributed by atoms with Gasteiger partial charge in [-0.1, -0.05) is 74.9 Å². The number of esters is 2. The Balaban J connectivity index is 1.87. The predicted octanol–water partition coefficient (Wildman–Crippen LogP) is 4.87. The number of aliphatic hydroxyl groups is 3. The molecule has 0 saturated carbocycles. The number of carbonyl (C=O) groups is 2. The summed E-state index contributed by atoms with van der Waals surface area (Å²) in [4.78, 5) is 24.7. The number of benzene rings is 1. The Morgan fingerprint density at radius 2 is 1.88 bits per heavy atom. The lowest BCUT2D eigenvalue weighted by Crippen LogP contribution is -2.52. The van der Waals surface area contributed by atoms with Gasteiger partial charge in [0.15, 0.2) is 0 Å². The van der Waals surface area contributed by atoms with Crippen molar-refractivity contribution < 1.29 is 43.9 Å². The highest BCUT2D eigenvalue weighted by atomic mass is 16.6. The number of ether oxygens (including phenoxy) is 4. The number of allylic oxidation sites excluding steroid dienone is 2. The Morgan fingerprint density at radius 1 is 1.20 bits per heavy atom. The van der Waals surface area contributed by atoms with Crippen LogP contribution >= 0.6 is 0 Å². The Hall–Kier alpha value is -2.86. The highest BCUT2D eigenvalue weighted by Gasteiger charge is 2.54. The average molecular weight is 686 g/mol. The maximum Gasteiger partial charge on any atom is 0.309 e. The third kappa shape index (κ3) is 11.9. The summed E-state index contributed by atoms with van der Waals surface area (Å²) in [6.07, 6.45) is 6.50. The SMILES string of the molecule is CC[C@H](OC)[C@@H](C)[C@H]1O[C@@H]1C(NCc1ccc(C)cc1)C(C)(O)/C=C/C=C(\C)C1OC(=O)C[C@H](O)CC[C@@](C)(O)[C@@H](OC(C)=O)/C=C/[C@@H]1C. The zero-order valence-electron chi connectivity index (χ0n) is 30.7. The van der Waals surface area contributed by atoms with E-state index >= 15 is 0 Å². The van der Waals surface area contributed by atoms with Crippen LogP contribution in [0, 0.1) is 18.8 Å². The first-order valence-corrected chi connectivity index (χ1v) is 17.5. The van der Waals surface area contributed by atoms with Gasteiger partial charge in [0.2, 0.25) is 0 Å². The van der Waals surface area contributed by atoms with Gasteiger partial charge in [-0.25, -0.2) is 0 Å². The highest BCUT2D eigenvalue weighted by Crippen LogP contribution is 2.39. The molecule has 0 spiro atoms. The number of nitrogens with one attached hydrogen (secondary N) is 1. The van der Waals surface area contributed by atoms with E-state index in [1.54, 1.807) is 51.3 Å². The molecule has 0 amide bonds. The topological polar surface area (TPSA) is 147 Å². The lowest BCUT2D eigenvalue weighted by Gasteiger charge is -2.32.